The highest BCUT2D eigenvalue weighted by molar-refractivity contribution is 6.05. The first-order valence-corrected chi connectivity index (χ1v) is 9.15. The molecule has 1 fully saturated rings. The average Bonchev–Trinajstić information content (AvgIpc) is 3.29. The quantitative estimate of drug-likeness (QED) is 0.806. The molecule has 0 saturated carbocycles. The Balaban J connectivity index is 1.46. The highest BCUT2D eigenvalue weighted by Crippen LogP contribution is 2.37. The molecule has 0 atom stereocenters. The Morgan fingerprint density at radius 1 is 1.11 bits per heavy atom. The number of nitrogens with zero attached hydrogens (tertiary/aromatic N) is 1. The van der Waals surface area contributed by atoms with Gasteiger partial charge < -0.3 is 19.7 Å². The number of fused-ring (bicyclic) bond motifs is 1. The van der Waals surface area contributed by atoms with Gasteiger partial charge in [0.25, 0.3) is 0 Å². The van der Waals surface area contributed by atoms with Crippen LogP contribution in [0.2, 0.25) is 0 Å². The van der Waals surface area contributed by atoms with Gasteiger partial charge in [-0.2, -0.15) is 0 Å². The largest absolute Gasteiger partial charge is 0.454 e. The van der Waals surface area contributed by atoms with Crippen LogP contribution in [-0.4, -0.2) is 30.9 Å². The summed E-state index contributed by atoms with van der Waals surface area (Å²) in [5.74, 6) is 0.708. The molecule has 144 valence electrons. The molecule has 2 aliphatic rings. The van der Waals surface area contributed by atoms with E-state index in [1.807, 2.05) is 24.3 Å². The maximum Gasteiger partial charge on any atom is 0.231 e. The number of carbonyl (C=O) groups excluding carboxylic acids is 3. The zero-order chi connectivity index (χ0) is 19.7. The van der Waals surface area contributed by atoms with Crippen molar-refractivity contribution in [2.45, 2.75) is 26.2 Å². The van der Waals surface area contributed by atoms with E-state index in [1.165, 1.54) is 6.92 Å². The molecular weight excluding hydrogens is 360 g/mol. The van der Waals surface area contributed by atoms with E-state index in [-0.39, 0.29) is 30.8 Å². The van der Waals surface area contributed by atoms with Crippen molar-refractivity contribution in [3.05, 3.63) is 47.5 Å². The summed E-state index contributed by atoms with van der Waals surface area (Å²) < 4.78 is 10.6. The lowest BCUT2D eigenvalue weighted by molar-refractivity contribution is -0.117. The molecule has 0 radical (unpaired) electrons. The van der Waals surface area contributed by atoms with Crippen LogP contribution in [0.25, 0.3) is 0 Å². The average molecular weight is 380 g/mol. The number of rotatable bonds is 5. The molecule has 7 heteroatoms. The summed E-state index contributed by atoms with van der Waals surface area (Å²) in [5.41, 5.74) is 2.45. The molecule has 1 N–H and O–H groups in total. The Morgan fingerprint density at radius 2 is 1.82 bits per heavy atom. The summed E-state index contributed by atoms with van der Waals surface area (Å²) in [7, 11) is 0. The van der Waals surface area contributed by atoms with E-state index in [0.29, 0.717) is 29.2 Å². The van der Waals surface area contributed by atoms with Crippen molar-refractivity contribution >= 4 is 29.0 Å². The molecular formula is C21H20N2O5. The third-order valence-corrected chi connectivity index (χ3v) is 4.85. The SMILES string of the molecule is CC(=O)c1cc2c(cc1NC(=O)Cc1ccc(N3CCCC3=O)cc1)OCO2. The van der Waals surface area contributed by atoms with Gasteiger partial charge in [0.05, 0.1) is 12.1 Å². The molecule has 2 aromatic carbocycles. The van der Waals surface area contributed by atoms with Gasteiger partial charge >= 0.3 is 0 Å². The van der Waals surface area contributed by atoms with Gasteiger partial charge in [-0.25, -0.2) is 0 Å². The van der Waals surface area contributed by atoms with E-state index in [0.717, 1.165) is 24.2 Å². The van der Waals surface area contributed by atoms with Crippen LogP contribution in [0.3, 0.4) is 0 Å². The van der Waals surface area contributed by atoms with Crippen LogP contribution in [0.5, 0.6) is 11.5 Å². The van der Waals surface area contributed by atoms with Crippen LogP contribution in [0.1, 0.15) is 35.7 Å². The van der Waals surface area contributed by atoms with Gasteiger partial charge in [-0.15, -0.1) is 0 Å². The Kier molecular flexibility index (Phi) is 4.73. The number of benzene rings is 2. The van der Waals surface area contributed by atoms with E-state index in [1.54, 1.807) is 17.0 Å². The first-order chi connectivity index (χ1) is 13.5. The molecule has 28 heavy (non-hydrogen) atoms. The zero-order valence-electron chi connectivity index (χ0n) is 15.5. The van der Waals surface area contributed by atoms with Gasteiger partial charge in [0.2, 0.25) is 18.6 Å². The predicted molar refractivity (Wildman–Crippen MR) is 103 cm³/mol. The number of nitrogens with one attached hydrogen (secondary N) is 1. The minimum atomic E-state index is -0.244. The summed E-state index contributed by atoms with van der Waals surface area (Å²) in [5, 5.41) is 2.79. The van der Waals surface area contributed by atoms with Crippen molar-refractivity contribution < 1.29 is 23.9 Å². The number of anilines is 2. The second kappa shape index (κ2) is 7.34. The maximum absolute atomic E-state index is 12.5. The Labute approximate surface area is 162 Å². The van der Waals surface area contributed by atoms with Gasteiger partial charge in [0.1, 0.15) is 0 Å². The minimum absolute atomic E-state index is 0.0932. The lowest BCUT2D eigenvalue weighted by atomic mass is 10.1. The van der Waals surface area contributed by atoms with E-state index in [2.05, 4.69) is 5.32 Å². The molecule has 2 heterocycles. The van der Waals surface area contributed by atoms with Gasteiger partial charge in [-0.05, 0) is 37.1 Å². The summed E-state index contributed by atoms with van der Waals surface area (Å²) in [6.45, 7) is 2.26. The van der Waals surface area contributed by atoms with E-state index in [9.17, 15) is 14.4 Å². The molecule has 2 amide bonds. The number of amides is 2. The summed E-state index contributed by atoms with van der Waals surface area (Å²) in [4.78, 5) is 38.0. The maximum atomic E-state index is 12.5. The normalized spacial score (nSPS) is 15.0. The lowest BCUT2D eigenvalue weighted by Gasteiger charge is -2.16. The van der Waals surface area contributed by atoms with Crippen LogP contribution in [0.4, 0.5) is 11.4 Å². The summed E-state index contributed by atoms with van der Waals surface area (Å²) >= 11 is 0. The van der Waals surface area contributed by atoms with Gasteiger partial charge in [-0.3, -0.25) is 14.4 Å². The van der Waals surface area contributed by atoms with Crippen LogP contribution in [0, 0.1) is 0 Å². The van der Waals surface area contributed by atoms with Crippen LogP contribution < -0.4 is 19.7 Å². The zero-order valence-corrected chi connectivity index (χ0v) is 15.5. The molecule has 0 spiro atoms. The van der Waals surface area contributed by atoms with Gasteiger partial charge in [0, 0.05) is 30.3 Å². The highest BCUT2D eigenvalue weighted by atomic mass is 16.7. The Hall–Kier alpha value is -3.35. The summed E-state index contributed by atoms with van der Waals surface area (Å²) in [6.07, 6.45) is 1.61. The van der Waals surface area contributed by atoms with Crippen molar-refractivity contribution in [3.63, 3.8) is 0 Å². The second-order valence-electron chi connectivity index (χ2n) is 6.85. The molecule has 2 aliphatic heterocycles. The Bertz CT molecular complexity index is 952. The number of hydrogen-bond acceptors (Lipinski definition) is 5. The fourth-order valence-corrected chi connectivity index (χ4v) is 3.43. The Morgan fingerprint density at radius 3 is 2.46 bits per heavy atom. The minimum Gasteiger partial charge on any atom is -0.454 e. The second-order valence-corrected chi connectivity index (χ2v) is 6.85. The molecule has 4 rings (SSSR count). The summed E-state index contributed by atoms with van der Waals surface area (Å²) in [6, 6.07) is 10.6. The van der Waals surface area contributed by atoms with Crippen molar-refractivity contribution in [2.24, 2.45) is 0 Å². The lowest BCUT2D eigenvalue weighted by Crippen LogP contribution is -2.23. The van der Waals surface area contributed by atoms with Gasteiger partial charge in [0.15, 0.2) is 17.3 Å². The first kappa shape index (κ1) is 18.0. The molecule has 0 unspecified atom stereocenters. The molecule has 1 saturated heterocycles. The molecule has 2 aromatic rings. The van der Waals surface area contributed by atoms with E-state index in [4.69, 9.17) is 9.47 Å². The van der Waals surface area contributed by atoms with Crippen molar-refractivity contribution in [3.8, 4) is 11.5 Å². The number of ether oxygens (including phenoxy) is 2. The smallest absolute Gasteiger partial charge is 0.231 e. The topological polar surface area (TPSA) is 84.9 Å². The highest BCUT2D eigenvalue weighted by Gasteiger charge is 2.22. The molecule has 0 aromatic heterocycles. The third kappa shape index (κ3) is 3.55. The molecule has 0 aliphatic carbocycles. The number of carbonyl (C=O) groups is 3. The number of Topliss-reactive ketones (excluding diaryl/α,β-unsaturated/α-hetero) is 1. The fraction of sp³-hybridized carbons (Fsp3) is 0.286. The van der Waals surface area contributed by atoms with Crippen molar-refractivity contribution in [1.29, 1.82) is 0 Å². The predicted octanol–water partition coefficient (Wildman–Crippen LogP) is 2.93. The number of ketones is 1. The van der Waals surface area contributed by atoms with Crippen molar-refractivity contribution in [2.75, 3.05) is 23.6 Å². The van der Waals surface area contributed by atoms with Crippen LogP contribution in [-0.2, 0) is 16.0 Å². The molecule has 0 bridgehead atoms. The van der Waals surface area contributed by atoms with Crippen LogP contribution >= 0.6 is 0 Å². The van der Waals surface area contributed by atoms with E-state index >= 15 is 0 Å². The fourth-order valence-electron chi connectivity index (χ4n) is 3.43. The first-order valence-electron chi connectivity index (χ1n) is 9.15. The van der Waals surface area contributed by atoms with Crippen molar-refractivity contribution in [1.82, 2.24) is 0 Å². The van der Waals surface area contributed by atoms with Crippen LogP contribution in [0.15, 0.2) is 36.4 Å². The third-order valence-electron chi connectivity index (χ3n) is 4.85. The van der Waals surface area contributed by atoms with Gasteiger partial charge in [-0.1, -0.05) is 12.1 Å². The standard InChI is InChI=1S/C21H20N2O5/c1-13(24)16-10-18-19(28-12-27-18)11-17(16)22-20(25)9-14-4-6-15(7-5-14)23-8-2-3-21(23)26/h4-7,10-11H,2-3,8-9,12H2,1H3,(H,22,25). The monoisotopic (exact) mass is 380 g/mol. The van der Waals surface area contributed by atoms with E-state index < -0.39 is 0 Å². The number of hydrogen-bond donors (Lipinski definition) is 1. The molecule has 7 nitrogen and oxygen atoms in total.